The molecule has 2 saturated heterocycles. The molecular weight excluding hydrogens is 152 g/mol. The summed E-state index contributed by atoms with van der Waals surface area (Å²) < 4.78 is 11.4. The molecule has 2 nitrogen and oxygen atoms in total. The first-order chi connectivity index (χ1) is 5.88. The molecule has 2 heterocycles. The normalized spacial score (nSPS) is 52.0. The highest BCUT2D eigenvalue weighted by Crippen LogP contribution is 2.48. The molecule has 0 radical (unpaired) electrons. The van der Waals surface area contributed by atoms with Crippen LogP contribution in [0.1, 0.15) is 25.7 Å². The Hall–Kier alpha value is -0.0800. The zero-order valence-electron chi connectivity index (χ0n) is 7.42. The molecular formula is C10H16O2. The number of hydrogen-bond donors (Lipinski definition) is 0. The molecule has 12 heavy (non-hydrogen) atoms. The van der Waals surface area contributed by atoms with Crippen LogP contribution in [0.4, 0.5) is 0 Å². The number of ether oxygens (including phenoxy) is 2. The molecule has 0 N–H and O–H groups in total. The van der Waals surface area contributed by atoms with E-state index in [1.54, 1.807) is 0 Å². The van der Waals surface area contributed by atoms with Gasteiger partial charge in [0.15, 0.2) is 0 Å². The summed E-state index contributed by atoms with van der Waals surface area (Å²) in [6, 6.07) is 0. The van der Waals surface area contributed by atoms with Crippen molar-refractivity contribution < 1.29 is 9.47 Å². The van der Waals surface area contributed by atoms with Crippen molar-refractivity contribution in [3.8, 4) is 0 Å². The summed E-state index contributed by atoms with van der Waals surface area (Å²) in [6.45, 7) is 2.77. The molecule has 0 aromatic carbocycles. The Balaban J connectivity index is 1.71. The van der Waals surface area contributed by atoms with Gasteiger partial charge >= 0.3 is 0 Å². The van der Waals surface area contributed by atoms with Gasteiger partial charge in [-0.1, -0.05) is 0 Å². The third-order valence-electron chi connectivity index (χ3n) is 3.71. The zero-order chi connectivity index (χ0) is 8.02. The van der Waals surface area contributed by atoms with E-state index in [2.05, 4.69) is 0 Å². The fourth-order valence-electron chi connectivity index (χ4n) is 2.57. The molecule has 0 amide bonds. The van der Waals surface area contributed by atoms with Gasteiger partial charge in [0.2, 0.25) is 0 Å². The summed E-state index contributed by atoms with van der Waals surface area (Å²) in [7, 11) is 0. The Labute approximate surface area is 73.2 Å². The van der Waals surface area contributed by atoms with Gasteiger partial charge < -0.3 is 9.47 Å². The lowest BCUT2D eigenvalue weighted by atomic mass is 9.96. The van der Waals surface area contributed by atoms with Gasteiger partial charge in [0.05, 0.1) is 18.8 Å². The predicted octanol–water partition coefficient (Wildman–Crippen LogP) is 1.59. The second-order valence-electron chi connectivity index (χ2n) is 4.59. The smallest absolute Gasteiger partial charge is 0.0936 e. The number of fused-ring (bicyclic) bond motifs is 1. The Bertz CT molecular complexity index is 170. The van der Waals surface area contributed by atoms with Crippen molar-refractivity contribution in [1.29, 1.82) is 0 Å². The molecule has 68 valence electrons. The zero-order valence-corrected chi connectivity index (χ0v) is 7.42. The topological polar surface area (TPSA) is 18.5 Å². The quantitative estimate of drug-likeness (QED) is 0.547. The van der Waals surface area contributed by atoms with E-state index in [-0.39, 0.29) is 5.60 Å². The van der Waals surface area contributed by atoms with Crippen molar-refractivity contribution >= 4 is 0 Å². The van der Waals surface area contributed by atoms with Crippen LogP contribution >= 0.6 is 0 Å². The van der Waals surface area contributed by atoms with Crippen LogP contribution in [-0.2, 0) is 9.47 Å². The van der Waals surface area contributed by atoms with Crippen LogP contribution in [0.25, 0.3) is 0 Å². The second-order valence-corrected chi connectivity index (χ2v) is 4.59. The third kappa shape index (κ3) is 1.09. The lowest BCUT2D eigenvalue weighted by Gasteiger charge is -2.26. The second kappa shape index (κ2) is 2.46. The molecule has 1 aliphatic carbocycles. The highest BCUT2D eigenvalue weighted by atomic mass is 16.6. The van der Waals surface area contributed by atoms with E-state index in [4.69, 9.17) is 9.47 Å². The number of hydrogen-bond acceptors (Lipinski definition) is 2. The van der Waals surface area contributed by atoms with E-state index in [0.29, 0.717) is 0 Å². The Morgan fingerprint density at radius 1 is 1.17 bits per heavy atom. The van der Waals surface area contributed by atoms with E-state index in [0.717, 1.165) is 38.1 Å². The predicted molar refractivity (Wildman–Crippen MR) is 45.0 cm³/mol. The van der Waals surface area contributed by atoms with Crippen LogP contribution in [-0.4, -0.2) is 25.4 Å². The van der Waals surface area contributed by atoms with Crippen LogP contribution in [0.2, 0.25) is 0 Å². The van der Waals surface area contributed by atoms with Gasteiger partial charge in [-0.2, -0.15) is 0 Å². The first kappa shape index (κ1) is 7.34. The van der Waals surface area contributed by atoms with E-state index >= 15 is 0 Å². The third-order valence-corrected chi connectivity index (χ3v) is 3.71. The Kier molecular flexibility index (Phi) is 1.50. The molecule has 0 aromatic rings. The highest BCUT2D eigenvalue weighted by molar-refractivity contribution is 4.95. The van der Waals surface area contributed by atoms with Gasteiger partial charge in [-0.3, -0.25) is 0 Å². The van der Waals surface area contributed by atoms with Crippen molar-refractivity contribution in [1.82, 2.24) is 0 Å². The first-order valence-corrected chi connectivity index (χ1v) is 5.10. The monoisotopic (exact) mass is 168 g/mol. The fraction of sp³-hybridized carbons (Fsp3) is 1.00. The van der Waals surface area contributed by atoms with E-state index in [1.807, 2.05) is 0 Å². The summed E-state index contributed by atoms with van der Waals surface area (Å²) in [5.74, 6) is 1.91. The van der Waals surface area contributed by atoms with Crippen molar-refractivity contribution in [2.24, 2.45) is 11.8 Å². The minimum atomic E-state index is 0.146. The molecule has 3 atom stereocenters. The highest BCUT2D eigenvalue weighted by Gasteiger charge is 2.46. The van der Waals surface area contributed by atoms with Crippen LogP contribution in [0.15, 0.2) is 0 Å². The largest absolute Gasteiger partial charge is 0.378 e. The Morgan fingerprint density at radius 2 is 2.17 bits per heavy atom. The molecule has 0 bridgehead atoms. The SMILES string of the molecule is C1CC2(CCC3CC3CO2)CO1. The van der Waals surface area contributed by atoms with Gasteiger partial charge in [-0.05, 0) is 31.1 Å². The Morgan fingerprint density at radius 3 is 3.00 bits per heavy atom. The molecule has 2 aliphatic heterocycles. The van der Waals surface area contributed by atoms with E-state index in [9.17, 15) is 0 Å². The van der Waals surface area contributed by atoms with Crippen LogP contribution in [0, 0.1) is 11.8 Å². The lowest BCUT2D eigenvalue weighted by Crippen LogP contribution is -2.32. The van der Waals surface area contributed by atoms with Gasteiger partial charge in [0.1, 0.15) is 0 Å². The van der Waals surface area contributed by atoms with E-state index in [1.165, 1.54) is 19.3 Å². The van der Waals surface area contributed by atoms with Crippen molar-refractivity contribution in [2.75, 3.05) is 19.8 Å². The molecule has 1 saturated carbocycles. The minimum absolute atomic E-state index is 0.146. The summed E-state index contributed by atoms with van der Waals surface area (Å²) in [5, 5.41) is 0. The summed E-state index contributed by atoms with van der Waals surface area (Å²) in [6.07, 6.45) is 5.19. The molecule has 2 heteroatoms. The minimum Gasteiger partial charge on any atom is -0.378 e. The maximum atomic E-state index is 5.98. The van der Waals surface area contributed by atoms with Gasteiger partial charge in [0, 0.05) is 13.0 Å². The van der Waals surface area contributed by atoms with Crippen molar-refractivity contribution in [3.63, 3.8) is 0 Å². The molecule has 3 rings (SSSR count). The van der Waals surface area contributed by atoms with Gasteiger partial charge in [0.25, 0.3) is 0 Å². The first-order valence-electron chi connectivity index (χ1n) is 5.10. The van der Waals surface area contributed by atoms with Crippen molar-refractivity contribution in [2.45, 2.75) is 31.3 Å². The average Bonchev–Trinajstić information content (AvgIpc) is 2.70. The lowest BCUT2D eigenvalue weighted by molar-refractivity contribution is -0.0527. The molecule has 3 fully saturated rings. The van der Waals surface area contributed by atoms with Gasteiger partial charge in [-0.15, -0.1) is 0 Å². The van der Waals surface area contributed by atoms with Crippen LogP contribution < -0.4 is 0 Å². The fourth-order valence-corrected chi connectivity index (χ4v) is 2.57. The maximum absolute atomic E-state index is 5.98. The summed E-state index contributed by atoms with van der Waals surface area (Å²) in [5.41, 5.74) is 0.146. The molecule has 3 aliphatic rings. The maximum Gasteiger partial charge on any atom is 0.0936 e. The summed E-state index contributed by atoms with van der Waals surface area (Å²) in [4.78, 5) is 0. The standard InChI is InChI=1S/C10H16O2/c1-2-10(3-4-11-7-10)12-6-9-5-8(1)9/h8-9H,1-7H2. The van der Waals surface area contributed by atoms with Gasteiger partial charge in [-0.25, -0.2) is 0 Å². The van der Waals surface area contributed by atoms with Crippen LogP contribution in [0.3, 0.4) is 0 Å². The van der Waals surface area contributed by atoms with Crippen molar-refractivity contribution in [3.05, 3.63) is 0 Å². The average molecular weight is 168 g/mol. The molecule has 0 aromatic heterocycles. The summed E-state index contributed by atoms with van der Waals surface area (Å²) >= 11 is 0. The van der Waals surface area contributed by atoms with E-state index < -0.39 is 0 Å². The molecule has 3 unspecified atom stereocenters. The number of rotatable bonds is 0. The molecule has 1 spiro atoms. The van der Waals surface area contributed by atoms with Crippen LogP contribution in [0.5, 0.6) is 0 Å².